The molecular weight excluding hydrogens is 321 g/mol. The fraction of sp³-hybridized carbons (Fsp3) is 0.176. The van der Waals surface area contributed by atoms with Crippen LogP contribution in [0.25, 0.3) is 6.08 Å². The molecule has 0 atom stereocenters. The summed E-state index contributed by atoms with van der Waals surface area (Å²) in [6.45, 7) is 0. The molecule has 5 heteroatoms. The van der Waals surface area contributed by atoms with Crippen LogP contribution in [-0.2, 0) is 6.42 Å². The zero-order valence-electron chi connectivity index (χ0n) is 12.0. The van der Waals surface area contributed by atoms with Crippen LogP contribution in [0.1, 0.15) is 27.9 Å². The number of carbonyl (C=O) groups is 1. The number of allylic oxidation sites excluding steroid dienone is 1. The van der Waals surface area contributed by atoms with E-state index >= 15 is 0 Å². The zero-order valence-corrected chi connectivity index (χ0v) is 13.6. The van der Waals surface area contributed by atoms with E-state index in [2.05, 4.69) is 4.98 Å². The highest BCUT2D eigenvalue weighted by Crippen LogP contribution is 2.30. The average molecular weight is 336 g/mol. The highest BCUT2D eigenvalue weighted by Gasteiger charge is 2.22. The normalized spacial score (nSPS) is 15.2. The third-order valence-electron chi connectivity index (χ3n) is 3.63. The third-order valence-corrected chi connectivity index (χ3v) is 3.95. The molecule has 1 aromatic heterocycles. The number of hydrogen-bond donors (Lipinski definition) is 0. The Kier molecular flexibility index (Phi) is 5.22. The Labute approximate surface area is 140 Å². The molecule has 0 unspecified atom stereocenters. The largest absolute Gasteiger partial charge is 0.497 e. The number of ketones is 1. The summed E-state index contributed by atoms with van der Waals surface area (Å²) in [7, 11) is 1.60. The summed E-state index contributed by atoms with van der Waals surface area (Å²) in [5, 5.41) is 0.411. The molecule has 1 aliphatic carbocycles. The molecule has 1 aliphatic rings. The first kappa shape index (κ1) is 16.5. The number of hydrogen-bond acceptors (Lipinski definition) is 3. The Morgan fingerprint density at radius 3 is 2.82 bits per heavy atom. The summed E-state index contributed by atoms with van der Waals surface area (Å²) in [5.41, 5.74) is 3.31. The maximum absolute atomic E-state index is 12.6. The van der Waals surface area contributed by atoms with Crippen molar-refractivity contribution in [2.75, 3.05) is 7.11 Å². The number of fused-ring (bicyclic) bond motifs is 1. The van der Waals surface area contributed by atoms with Crippen LogP contribution in [-0.4, -0.2) is 17.9 Å². The SMILES string of the molecule is COc1ccc2c(c1)C(=O)C(=Cc1cccnc1Cl)CC2.Cl. The fourth-order valence-electron chi connectivity index (χ4n) is 2.50. The smallest absolute Gasteiger partial charge is 0.189 e. The lowest BCUT2D eigenvalue weighted by Gasteiger charge is -2.18. The van der Waals surface area contributed by atoms with Crippen molar-refractivity contribution in [2.24, 2.45) is 0 Å². The van der Waals surface area contributed by atoms with E-state index in [-0.39, 0.29) is 18.2 Å². The Bertz CT molecular complexity index is 741. The van der Waals surface area contributed by atoms with Gasteiger partial charge in [0.15, 0.2) is 5.78 Å². The molecule has 1 heterocycles. The first-order valence-electron chi connectivity index (χ1n) is 6.72. The van der Waals surface area contributed by atoms with E-state index in [0.717, 1.165) is 23.1 Å². The van der Waals surface area contributed by atoms with Crippen molar-refractivity contribution in [2.45, 2.75) is 12.8 Å². The molecule has 0 amide bonds. The molecule has 22 heavy (non-hydrogen) atoms. The van der Waals surface area contributed by atoms with Gasteiger partial charge in [-0.15, -0.1) is 12.4 Å². The molecule has 3 rings (SSSR count). The minimum absolute atomic E-state index is 0. The van der Waals surface area contributed by atoms with Crippen molar-refractivity contribution >= 4 is 35.9 Å². The van der Waals surface area contributed by atoms with Crippen molar-refractivity contribution in [1.82, 2.24) is 4.98 Å². The summed E-state index contributed by atoms with van der Waals surface area (Å²) < 4.78 is 5.20. The number of aryl methyl sites for hydroxylation is 1. The maximum Gasteiger partial charge on any atom is 0.189 e. The van der Waals surface area contributed by atoms with Gasteiger partial charge in [-0.1, -0.05) is 23.7 Å². The lowest BCUT2D eigenvalue weighted by Crippen LogP contribution is -2.14. The van der Waals surface area contributed by atoms with Gasteiger partial charge in [0, 0.05) is 22.9 Å². The average Bonchev–Trinajstić information content (AvgIpc) is 2.52. The molecule has 0 bridgehead atoms. The van der Waals surface area contributed by atoms with Crippen LogP contribution in [0.2, 0.25) is 5.15 Å². The second-order valence-corrected chi connectivity index (χ2v) is 5.26. The van der Waals surface area contributed by atoms with Gasteiger partial charge in [0.25, 0.3) is 0 Å². The number of pyridine rings is 1. The topological polar surface area (TPSA) is 39.2 Å². The number of halogens is 2. The highest BCUT2D eigenvalue weighted by atomic mass is 35.5. The Morgan fingerprint density at radius 2 is 2.09 bits per heavy atom. The first-order valence-corrected chi connectivity index (χ1v) is 7.09. The number of benzene rings is 1. The van der Waals surface area contributed by atoms with Crippen LogP contribution in [0.4, 0.5) is 0 Å². The van der Waals surface area contributed by atoms with Crippen LogP contribution < -0.4 is 4.74 Å². The number of methoxy groups -OCH3 is 1. The number of rotatable bonds is 2. The molecule has 0 spiro atoms. The molecule has 114 valence electrons. The molecular formula is C17H15Cl2NO2. The second-order valence-electron chi connectivity index (χ2n) is 4.91. The van der Waals surface area contributed by atoms with Crippen molar-refractivity contribution in [1.29, 1.82) is 0 Å². The Morgan fingerprint density at radius 1 is 1.27 bits per heavy atom. The lowest BCUT2D eigenvalue weighted by molar-refractivity contribution is 0.102. The lowest BCUT2D eigenvalue weighted by atomic mass is 9.86. The van der Waals surface area contributed by atoms with Gasteiger partial charge < -0.3 is 4.74 Å². The van der Waals surface area contributed by atoms with Gasteiger partial charge >= 0.3 is 0 Å². The Hall–Kier alpha value is -1.84. The van der Waals surface area contributed by atoms with E-state index in [1.165, 1.54) is 0 Å². The van der Waals surface area contributed by atoms with E-state index in [1.54, 1.807) is 19.4 Å². The first-order chi connectivity index (χ1) is 10.2. The zero-order chi connectivity index (χ0) is 14.8. The monoisotopic (exact) mass is 335 g/mol. The third kappa shape index (κ3) is 3.16. The van der Waals surface area contributed by atoms with Crippen molar-refractivity contribution in [3.63, 3.8) is 0 Å². The molecule has 0 N–H and O–H groups in total. The Balaban J connectivity index is 0.00000176. The number of ether oxygens (including phenoxy) is 1. The van der Waals surface area contributed by atoms with Gasteiger partial charge in [-0.3, -0.25) is 4.79 Å². The van der Waals surface area contributed by atoms with Gasteiger partial charge in [0.2, 0.25) is 0 Å². The summed E-state index contributed by atoms with van der Waals surface area (Å²) in [6.07, 6.45) is 5.02. The summed E-state index contributed by atoms with van der Waals surface area (Å²) in [4.78, 5) is 16.6. The van der Waals surface area contributed by atoms with Crippen LogP contribution in [0, 0.1) is 0 Å². The summed E-state index contributed by atoms with van der Waals surface area (Å²) in [6, 6.07) is 9.31. The molecule has 3 nitrogen and oxygen atoms in total. The minimum Gasteiger partial charge on any atom is -0.497 e. The number of carbonyl (C=O) groups excluding carboxylic acids is 1. The van der Waals surface area contributed by atoms with Crippen molar-refractivity contribution in [3.8, 4) is 5.75 Å². The van der Waals surface area contributed by atoms with E-state index in [1.807, 2.05) is 30.3 Å². The fourth-order valence-corrected chi connectivity index (χ4v) is 2.67. The summed E-state index contributed by atoms with van der Waals surface area (Å²) in [5.74, 6) is 0.734. The van der Waals surface area contributed by atoms with Gasteiger partial charge in [-0.25, -0.2) is 4.98 Å². The predicted molar refractivity (Wildman–Crippen MR) is 90.1 cm³/mol. The van der Waals surface area contributed by atoms with Crippen molar-refractivity contribution < 1.29 is 9.53 Å². The standard InChI is InChI=1S/C17H14ClNO2.ClH/c1-21-14-7-6-11-4-5-12(16(20)15(11)10-14)9-13-3-2-8-19-17(13)18;/h2-3,6-10H,4-5H2,1H3;1H. The van der Waals surface area contributed by atoms with Crippen LogP contribution in [0.5, 0.6) is 5.75 Å². The van der Waals surface area contributed by atoms with Gasteiger partial charge in [0.1, 0.15) is 10.9 Å². The molecule has 0 radical (unpaired) electrons. The van der Waals surface area contributed by atoms with Crippen LogP contribution in [0.3, 0.4) is 0 Å². The van der Waals surface area contributed by atoms with E-state index in [0.29, 0.717) is 22.9 Å². The minimum atomic E-state index is 0. The van der Waals surface area contributed by atoms with Crippen LogP contribution in [0.15, 0.2) is 42.1 Å². The molecule has 0 saturated heterocycles. The second kappa shape index (κ2) is 6.95. The van der Waals surface area contributed by atoms with E-state index < -0.39 is 0 Å². The van der Waals surface area contributed by atoms with Gasteiger partial charge in [-0.05, 0) is 42.7 Å². The quantitative estimate of drug-likeness (QED) is 0.604. The molecule has 0 saturated carbocycles. The number of aromatic nitrogens is 1. The molecule has 2 aromatic rings. The number of Topliss-reactive ketones (excluding diaryl/α,β-unsaturated/α-hetero) is 1. The maximum atomic E-state index is 12.6. The van der Waals surface area contributed by atoms with E-state index in [9.17, 15) is 4.79 Å². The predicted octanol–water partition coefficient (Wildman–Crippen LogP) is 4.38. The molecule has 0 aliphatic heterocycles. The highest BCUT2D eigenvalue weighted by molar-refractivity contribution is 6.31. The van der Waals surface area contributed by atoms with Crippen LogP contribution >= 0.6 is 24.0 Å². The molecule has 0 fully saturated rings. The summed E-state index contributed by atoms with van der Waals surface area (Å²) >= 11 is 6.05. The number of nitrogens with zero attached hydrogens (tertiary/aromatic N) is 1. The van der Waals surface area contributed by atoms with Gasteiger partial charge in [0.05, 0.1) is 7.11 Å². The van der Waals surface area contributed by atoms with E-state index in [4.69, 9.17) is 16.3 Å². The van der Waals surface area contributed by atoms with Crippen molar-refractivity contribution in [3.05, 3.63) is 63.9 Å². The molecule has 1 aromatic carbocycles. The van der Waals surface area contributed by atoms with Gasteiger partial charge in [-0.2, -0.15) is 0 Å².